The molecule has 272 valence electrons. The van der Waals surface area contributed by atoms with Crippen molar-refractivity contribution in [1.29, 1.82) is 0 Å². The monoisotopic (exact) mass is 682 g/mol. The van der Waals surface area contributed by atoms with Crippen LogP contribution in [0.1, 0.15) is 131 Å². The van der Waals surface area contributed by atoms with E-state index in [1.54, 1.807) is 13.0 Å². The SMILES string of the molecule is CCCNC(=O)c1ccc([C@H]2CC[C@]3(O)[C@@H]4CCC5=C[C@@H](O[C@@H]6O[C@@H](C)[C@H](O)[C@@H](O)[C@H]6O)CC[C@]5(C)[C@H]4CC[C@]23C)cc1C(=O)NCCC. The Morgan fingerprint density at radius 2 is 1.57 bits per heavy atom. The summed E-state index contributed by atoms with van der Waals surface area (Å²) in [6.07, 6.45) is 4.80. The highest BCUT2D eigenvalue weighted by molar-refractivity contribution is 6.07. The normalized spacial score (nSPS) is 41.6. The molecule has 0 unspecified atom stereocenters. The number of fused-ring (bicyclic) bond motifs is 5. The maximum absolute atomic E-state index is 13.3. The summed E-state index contributed by atoms with van der Waals surface area (Å²) in [4.78, 5) is 26.4. The molecule has 5 aliphatic rings. The fraction of sp³-hybridized carbons (Fsp3) is 0.744. The summed E-state index contributed by atoms with van der Waals surface area (Å²) in [6.45, 7) is 11.3. The fourth-order valence-electron chi connectivity index (χ4n) is 10.4. The minimum Gasteiger partial charge on any atom is -0.389 e. The first-order valence-electron chi connectivity index (χ1n) is 18.8. The Labute approximate surface area is 291 Å². The summed E-state index contributed by atoms with van der Waals surface area (Å²) >= 11 is 0. The summed E-state index contributed by atoms with van der Waals surface area (Å²) in [7, 11) is 0. The van der Waals surface area contributed by atoms with Gasteiger partial charge in [0.05, 0.1) is 28.9 Å². The minimum atomic E-state index is -1.33. The molecule has 1 aliphatic heterocycles. The first-order chi connectivity index (χ1) is 23.3. The van der Waals surface area contributed by atoms with E-state index < -0.39 is 36.3 Å². The van der Waals surface area contributed by atoms with Crippen LogP contribution < -0.4 is 10.6 Å². The molecule has 10 heteroatoms. The predicted octanol–water partition coefficient (Wildman–Crippen LogP) is 4.34. The van der Waals surface area contributed by atoms with Crippen molar-refractivity contribution in [2.75, 3.05) is 13.1 Å². The number of hydrogen-bond acceptors (Lipinski definition) is 8. The zero-order chi connectivity index (χ0) is 35.3. The second-order valence-electron chi connectivity index (χ2n) is 16.0. The van der Waals surface area contributed by atoms with Gasteiger partial charge < -0.3 is 40.5 Å². The van der Waals surface area contributed by atoms with Crippen molar-refractivity contribution >= 4 is 11.8 Å². The van der Waals surface area contributed by atoms with Gasteiger partial charge in [0.1, 0.15) is 18.3 Å². The topological polar surface area (TPSA) is 158 Å². The third-order valence-corrected chi connectivity index (χ3v) is 13.4. The van der Waals surface area contributed by atoms with E-state index in [9.17, 15) is 30.0 Å². The smallest absolute Gasteiger partial charge is 0.252 e. The number of aliphatic hydroxyl groups excluding tert-OH is 3. The molecule has 10 nitrogen and oxygen atoms in total. The van der Waals surface area contributed by atoms with E-state index in [0.717, 1.165) is 63.4 Å². The van der Waals surface area contributed by atoms with E-state index in [1.807, 2.05) is 26.0 Å². The van der Waals surface area contributed by atoms with Crippen molar-refractivity contribution in [2.45, 2.75) is 147 Å². The molecule has 0 aromatic heterocycles. The van der Waals surface area contributed by atoms with Crippen LogP contribution in [0.2, 0.25) is 0 Å². The van der Waals surface area contributed by atoms with Gasteiger partial charge in [-0.15, -0.1) is 0 Å². The Kier molecular flexibility index (Phi) is 10.4. The molecule has 0 spiro atoms. The van der Waals surface area contributed by atoms with E-state index in [0.29, 0.717) is 36.6 Å². The molecule has 1 aromatic rings. The third kappa shape index (κ3) is 6.18. The van der Waals surface area contributed by atoms with Crippen LogP contribution in [0.3, 0.4) is 0 Å². The molecular formula is C39H58N2O8. The molecule has 3 saturated carbocycles. The van der Waals surface area contributed by atoms with E-state index >= 15 is 0 Å². The summed E-state index contributed by atoms with van der Waals surface area (Å²) in [5, 5.41) is 49.6. The average molecular weight is 683 g/mol. The molecule has 6 rings (SSSR count). The maximum Gasteiger partial charge on any atom is 0.252 e. The van der Waals surface area contributed by atoms with Gasteiger partial charge in [-0.1, -0.05) is 45.4 Å². The molecule has 6 N–H and O–H groups in total. The Morgan fingerprint density at radius 1 is 0.878 bits per heavy atom. The molecule has 4 fully saturated rings. The van der Waals surface area contributed by atoms with Crippen molar-refractivity contribution in [3.8, 4) is 0 Å². The molecule has 12 atom stereocenters. The molecule has 0 radical (unpaired) electrons. The standard InChI is InChI=1S/C39H58N2O8/c1-6-18-40-34(45)26-10-8-23(20-27(26)35(46)41-19-7-2)28-14-17-39(47)30-11-9-24-21-25(49-36-33(44)32(43)31(42)22(3)48-36)12-15-37(24,4)29(30)13-16-38(28,39)5/h8,10,20-22,25,28-33,36,42-44,47H,6-7,9,11-19H2,1-5H3,(H,40,45)(H,41,46)/t22-,25-,28+,29-,30+,31-,32+,33+,36-,37-,38+,39-/m0/s1. The zero-order valence-corrected chi connectivity index (χ0v) is 29.9. The van der Waals surface area contributed by atoms with Gasteiger partial charge in [0.15, 0.2) is 6.29 Å². The zero-order valence-electron chi connectivity index (χ0n) is 29.9. The number of benzene rings is 1. The van der Waals surface area contributed by atoms with Crippen LogP contribution in [0.15, 0.2) is 29.8 Å². The van der Waals surface area contributed by atoms with E-state index in [-0.39, 0.29) is 40.6 Å². The fourth-order valence-corrected chi connectivity index (χ4v) is 10.4. The van der Waals surface area contributed by atoms with Crippen molar-refractivity contribution in [1.82, 2.24) is 10.6 Å². The highest BCUT2D eigenvalue weighted by Crippen LogP contribution is 2.70. The number of nitrogens with one attached hydrogen (secondary N) is 2. The molecule has 49 heavy (non-hydrogen) atoms. The van der Waals surface area contributed by atoms with Gasteiger partial charge in [-0.2, -0.15) is 0 Å². The predicted molar refractivity (Wildman–Crippen MR) is 185 cm³/mol. The molecule has 0 bridgehead atoms. The van der Waals surface area contributed by atoms with Crippen LogP contribution in [-0.4, -0.2) is 87.7 Å². The molecule has 4 aliphatic carbocycles. The van der Waals surface area contributed by atoms with Gasteiger partial charge in [0.2, 0.25) is 0 Å². The van der Waals surface area contributed by atoms with Gasteiger partial charge in [-0.25, -0.2) is 0 Å². The van der Waals surface area contributed by atoms with Crippen LogP contribution in [0.25, 0.3) is 0 Å². The quantitative estimate of drug-likeness (QED) is 0.210. The molecule has 2 amide bonds. The molecular weight excluding hydrogens is 624 g/mol. The summed E-state index contributed by atoms with van der Waals surface area (Å²) < 4.78 is 11.9. The van der Waals surface area contributed by atoms with Gasteiger partial charge in [0.25, 0.3) is 11.8 Å². The van der Waals surface area contributed by atoms with E-state index in [2.05, 4.69) is 30.6 Å². The third-order valence-electron chi connectivity index (χ3n) is 13.4. The number of hydrogen-bond donors (Lipinski definition) is 6. The Morgan fingerprint density at radius 3 is 2.27 bits per heavy atom. The Bertz CT molecular complexity index is 1430. The Hall–Kier alpha value is -2.34. The summed E-state index contributed by atoms with van der Waals surface area (Å²) in [5.41, 5.74) is 1.85. The lowest BCUT2D eigenvalue weighted by molar-refractivity contribution is -0.301. The number of amides is 2. The van der Waals surface area contributed by atoms with Gasteiger partial charge in [-0.3, -0.25) is 9.59 Å². The maximum atomic E-state index is 13.3. The van der Waals surface area contributed by atoms with Crippen LogP contribution in [0.4, 0.5) is 0 Å². The van der Waals surface area contributed by atoms with Crippen molar-refractivity contribution < 1.29 is 39.5 Å². The van der Waals surface area contributed by atoms with Crippen LogP contribution >= 0.6 is 0 Å². The van der Waals surface area contributed by atoms with Crippen molar-refractivity contribution in [3.63, 3.8) is 0 Å². The number of aliphatic hydroxyl groups is 4. The summed E-state index contributed by atoms with van der Waals surface area (Å²) in [5.74, 6) is 0.0509. The second kappa shape index (κ2) is 14.0. The number of rotatable bonds is 9. The minimum absolute atomic E-state index is 0.0657. The largest absolute Gasteiger partial charge is 0.389 e. The average Bonchev–Trinajstić information content (AvgIpc) is 3.38. The lowest BCUT2D eigenvalue weighted by Crippen LogP contribution is -2.60. The second-order valence-corrected chi connectivity index (χ2v) is 16.0. The van der Waals surface area contributed by atoms with E-state index in [4.69, 9.17) is 9.47 Å². The number of carbonyl (C=O) groups is 2. The first kappa shape index (κ1) is 36.5. The van der Waals surface area contributed by atoms with Gasteiger partial charge >= 0.3 is 0 Å². The van der Waals surface area contributed by atoms with Crippen LogP contribution in [-0.2, 0) is 9.47 Å². The Balaban J connectivity index is 1.22. The lowest BCUT2D eigenvalue weighted by Gasteiger charge is -2.62. The van der Waals surface area contributed by atoms with Gasteiger partial charge in [-0.05, 0) is 112 Å². The highest BCUT2D eigenvalue weighted by atomic mass is 16.7. The molecule has 1 saturated heterocycles. The summed E-state index contributed by atoms with van der Waals surface area (Å²) in [6, 6.07) is 5.72. The number of allylic oxidation sites excluding steroid dienone is 1. The number of carbonyl (C=O) groups excluding carboxylic acids is 2. The molecule has 1 aromatic carbocycles. The number of ether oxygens (including phenoxy) is 2. The highest BCUT2D eigenvalue weighted by Gasteiger charge is 2.66. The molecule has 1 heterocycles. The van der Waals surface area contributed by atoms with Crippen LogP contribution in [0, 0.1) is 22.7 Å². The van der Waals surface area contributed by atoms with Crippen molar-refractivity contribution in [3.05, 3.63) is 46.5 Å². The first-order valence-corrected chi connectivity index (χ1v) is 18.8. The van der Waals surface area contributed by atoms with E-state index in [1.165, 1.54) is 5.57 Å². The van der Waals surface area contributed by atoms with Crippen molar-refractivity contribution in [2.24, 2.45) is 22.7 Å². The van der Waals surface area contributed by atoms with Gasteiger partial charge in [0, 0.05) is 18.5 Å². The lowest BCUT2D eigenvalue weighted by atomic mass is 9.45. The van der Waals surface area contributed by atoms with Crippen LogP contribution in [0.5, 0.6) is 0 Å².